The maximum absolute atomic E-state index is 15.4. The number of nitrogens with zero attached hydrogens (tertiary/aromatic N) is 2. The van der Waals surface area contributed by atoms with E-state index >= 15 is 4.39 Å². The molecular weight excluding hydrogens is 555 g/mol. The second kappa shape index (κ2) is 12.5. The van der Waals surface area contributed by atoms with Gasteiger partial charge in [-0.25, -0.2) is 18.4 Å². The summed E-state index contributed by atoms with van der Waals surface area (Å²) in [6, 6.07) is 2.99. The molecule has 0 bridgehead atoms. The van der Waals surface area contributed by atoms with E-state index in [1.807, 2.05) is 4.98 Å². The van der Waals surface area contributed by atoms with E-state index in [9.17, 15) is 28.8 Å². The second-order valence-electron chi connectivity index (χ2n) is 9.86. The van der Waals surface area contributed by atoms with E-state index in [-0.39, 0.29) is 17.6 Å². The fourth-order valence-electron chi connectivity index (χ4n) is 4.55. The number of rotatable bonds is 9. The highest BCUT2D eigenvalue weighted by atomic mass is 31.1. The summed E-state index contributed by atoms with van der Waals surface area (Å²) in [4.78, 5) is 50.3. The lowest BCUT2D eigenvalue weighted by molar-refractivity contribution is -0.170. The lowest BCUT2D eigenvalue weighted by Crippen LogP contribution is -2.43. The van der Waals surface area contributed by atoms with E-state index in [0.29, 0.717) is 0 Å². The predicted molar refractivity (Wildman–Crippen MR) is 135 cm³/mol. The van der Waals surface area contributed by atoms with Crippen molar-refractivity contribution in [3.8, 4) is 11.5 Å². The van der Waals surface area contributed by atoms with Gasteiger partial charge in [-0.05, 0) is 51.7 Å². The summed E-state index contributed by atoms with van der Waals surface area (Å²) in [6.07, 6.45) is 0.668. The highest BCUT2D eigenvalue weighted by Crippen LogP contribution is 2.41. The molecule has 1 aromatic heterocycles. The number of aliphatic hydroxyl groups is 1. The van der Waals surface area contributed by atoms with Gasteiger partial charge in [0.25, 0.3) is 5.56 Å². The number of nitrogens with one attached hydrogen (secondary N) is 1. The smallest absolute Gasteiger partial charge is 0.395 e. The largest absolute Gasteiger partial charge is 0.575 e. The van der Waals surface area contributed by atoms with Crippen molar-refractivity contribution in [2.24, 2.45) is 4.74 Å². The number of hydrogen-bond donors (Lipinski definition) is 2. The summed E-state index contributed by atoms with van der Waals surface area (Å²) in [7, 11) is -2.80. The van der Waals surface area contributed by atoms with Crippen molar-refractivity contribution in [3.05, 3.63) is 57.1 Å². The Bertz CT molecular complexity index is 1360. The first-order chi connectivity index (χ1) is 19.0. The van der Waals surface area contributed by atoms with Crippen LogP contribution in [-0.2, 0) is 14.3 Å². The van der Waals surface area contributed by atoms with Gasteiger partial charge in [0.2, 0.25) is 5.75 Å². The number of benzene rings is 1. The van der Waals surface area contributed by atoms with E-state index in [1.54, 1.807) is 0 Å². The van der Waals surface area contributed by atoms with Gasteiger partial charge >= 0.3 is 19.8 Å². The summed E-state index contributed by atoms with van der Waals surface area (Å²) in [5, 5.41) is 10.5. The molecule has 12 nitrogen and oxygen atoms in total. The molecule has 2 aliphatic rings. The van der Waals surface area contributed by atoms with Crippen molar-refractivity contribution in [3.63, 3.8) is 0 Å². The van der Waals surface area contributed by atoms with Crippen molar-refractivity contribution >= 4 is 14.1 Å². The molecule has 2 N–H and O–H groups in total. The normalized spacial score (nSPS) is 26.4. The van der Waals surface area contributed by atoms with Gasteiger partial charge in [-0.3, -0.25) is 18.9 Å². The second-order valence-corrected chi connectivity index (χ2v) is 10.7. The number of H-pyrrole nitrogens is 1. The Morgan fingerprint density at radius 3 is 2.73 bits per heavy atom. The Kier molecular flexibility index (Phi) is 9.34. The Hall–Kier alpha value is -3.19. The summed E-state index contributed by atoms with van der Waals surface area (Å²) in [5.41, 5.74) is -4.11. The van der Waals surface area contributed by atoms with E-state index in [1.165, 1.54) is 6.92 Å². The average Bonchev–Trinajstić information content (AvgIpc) is 3.12. The SMILES string of the molecule is C[C@H](N=[P+]([O-])Oc1ccc(F)cc1OC[C@H]1O[C@@H](n2ccc(=O)[nH]c2=O)[C@](C)(F)[C@@H]1O)C(=O)OC1CCCCC1. The zero-order valence-corrected chi connectivity index (χ0v) is 22.7. The third-order valence-corrected chi connectivity index (χ3v) is 7.64. The molecule has 1 aliphatic carbocycles. The molecule has 6 atom stereocenters. The summed E-state index contributed by atoms with van der Waals surface area (Å²) in [5.74, 6) is -1.81. The van der Waals surface area contributed by atoms with Crippen LogP contribution in [0.5, 0.6) is 11.5 Å². The van der Waals surface area contributed by atoms with Gasteiger partial charge < -0.3 is 24.2 Å². The van der Waals surface area contributed by atoms with Gasteiger partial charge in [-0.1, -0.05) is 11.2 Å². The van der Waals surface area contributed by atoms with E-state index in [4.69, 9.17) is 18.7 Å². The number of esters is 1. The van der Waals surface area contributed by atoms with Crippen molar-refractivity contribution in [1.82, 2.24) is 9.55 Å². The first-order valence-corrected chi connectivity index (χ1v) is 13.9. The van der Waals surface area contributed by atoms with Crippen LogP contribution in [0.25, 0.3) is 0 Å². The lowest BCUT2D eigenvalue weighted by atomic mass is 9.98. The minimum absolute atomic E-state index is 0.192. The molecule has 4 rings (SSSR count). The number of aromatic amines is 1. The minimum Gasteiger partial charge on any atom is -0.575 e. The number of alkyl halides is 1. The maximum Gasteiger partial charge on any atom is 0.395 e. The number of aliphatic hydroxyl groups excluding tert-OH is 1. The lowest BCUT2D eigenvalue weighted by Gasteiger charge is -2.24. The number of ether oxygens (including phenoxy) is 3. The van der Waals surface area contributed by atoms with Gasteiger partial charge in [-0.2, -0.15) is 0 Å². The zero-order valence-electron chi connectivity index (χ0n) is 21.8. The molecule has 2 aromatic rings. The Labute approximate surface area is 228 Å². The monoisotopic (exact) mass is 585 g/mol. The number of hydrogen-bond acceptors (Lipinski definition) is 10. The van der Waals surface area contributed by atoms with Crippen molar-refractivity contribution < 1.29 is 42.3 Å². The average molecular weight is 585 g/mol. The number of halogens is 2. The first kappa shape index (κ1) is 29.8. The molecule has 0 spiro atoms. The zero-order chi connectivity index (χ0) is 29.0. The fourth-order valence-corrected chi connectivity index (χ4v) is 5.29. The molecule has 2 fully saturated rings. The molecule has 1 saturated heterocycles. The minimum atomic E-state index is -2.80. The van der Waals surface area contributed by atoms with Crippen LogP contribution < -0.4 is 25.4 Å². The third kappa shape index (κ3) is 6.92. The number of carbonyl (C=O) groups is 1. The van der Waals surface area contributed by atoms with E-state index < -0.39 is 68.0 Å². The Balaban J connectivity index is 1.42. The highest BCUT2D eigenvalue weighted by Gasteiger charge is 2.55. The summed E-state index contributed by atoms with van der Waals surface area (Å²) < 4.78 is 55.8. The number of aromatic nitrogens is 2. The molecule has 0 radical (unpaired) electrons. The van der Waals surface area contributed by atoms with E-state index in [0.717, 1.165) is 74.1 Å². The predicted octanol–water partition coefficient (Wildman–Crippen LogP) is 2.24. The Morgan fingerprint density at radius 2 is 2.02 bits per heavy atom. The topological polar surface area (TPSA) is 164 Å². The van der Waals surface area contributed by atoms with Gasteiger partial charge in [0.05, 0.1) is 0 Å². The molecule has 218 valence electrons. The summed E-state index contributed by atoms with van der Waals surface area (Å²) >= 11 is 0. The van der Waals surface area contributed by atoms with Crippen LogP contribution in [0, 0.1) is 5.82 Å². The first-order valence-electron chi connectivity index (χ1n) is 12.8. The van der Waals surface area contributed by atoms with Crippen LogP contribution in [0.2, 0.25) is 0 Å². The van der Waals surface area contributed by atoms with Gasteiger partial charge in [-0.15, -0.1) is 0 Å². The van der Waals surface area contributed by atoms with Crippen LogP contribution in [0.15, 0.2) is 44.8 Å². The molecular formula is C25H30F2N3O9P. The molecule has 0 amide bonds. The van der Waals surface area contributed by atoms with Crippen LogP contribution in [0.3, 0.4) is 0 Å². The Morgan fingerprint density at radius 1 is 1.30 bits per heavy atom. The maximum atomic E-state index is 15.4. The molecule has 1 aliphatic heterocycles. The van der Waals surface area contributed by atoms with Crippen molar-refractivity contribution in [1.29, 1.82) is 0 Å². The quantitative estimate of drug-likeness (QED) is 0.332. The number of carbonyl (C=O) groups excluding carboxylic acids is 1. The van der Waals surface area contributed by atoms with E-state index in [2.05, 4.69) is 4.74 Å². The van der Waals surface area contributed by atoms with Gasteiger partial charge in [0.1, 0.15) is 30.7 Å². The fraction of sp³-hybridized carbons (Fsp3) is 0.560. The van der Waals surface area contributed by atoms with Crippen molar-refractivity contribution in [2.75, 3.05) is 6.61 Å². The standard InChI is InChI=1S/C25H30F2N3O9P/c1-14(22(33)37-16-6-4-3-5-7-16)29-40(35)39-17-9-8-15(26)12-18(17)36-13-19-21(32)25(2,27)23(38-19)30-11-10-20(31)28-24(30)34/h8-12,14,16,19,21,23,32H,3-7,13H2,1-2H3,(H,28,31,34)/t14-,19+,21+,23+,25+/m0/s1. The van der Waals surface area contributed by atoms with Gasteiger partial charge in [0, 0.05) is 18.3 Å². The van der Waals surface area contributed by atoms with Crippen molar-refractivity contribution in [2.45, 2.75) is 82.2 Å². The van der Waals surface area contributed by atoms with Crippen LogP contribution in [0.4, 0.5) is 8.78 Å². The molecule has 15 heteroatoms. The molecule has 1 saturated carbocycles. The van der Waals surface area contributed by atoms with Crippen LogP contribution in [-0.4, -0.2) is 57.3 Å². The van der Waals surface area contributed by atoms with Gasteiger partial charge in [0.15, 0.2) is 23.7 Å². The summed E-state index contributed by atoms with van der Waals surface area (Å²) in [6.45, 7) is 1.91. The van der Waals surface area contributed by atoms with Crippen LogP contribution in [0.1, 0.15) is 52.2 Å². The molecule has 1 unspecified atom stereocenters. The third-order valence-electron chi connectivity index (χ3n) is 6.75. The molecule has 40 heavy (non-hydrogen) atoms. The molecule has 2 heterocycles. The highest BCUT2D eigenvalue weighted by molar-refractivity contribution is 7.34. The van der Waals surface area contributed by atoms with Crippen LogP contribution >= 0.6 is 8.17 Å². The molecule has 1 aromatic carbocycles.